The molecule has 0 aromatic heterocycles. The molecule has 1 rings (SSSR count). The SMILES string of the molecule is C=CCN(CCC(=O)O)c1ccc(SC#N)cc1. The first-order valence-electron chi connectivity index (χ1n) is 5.41. The van der Waals surface area contributed by atoms with Gasteiger partial charge in [-0.25, -0.2) is 0 Å². The molecule has 0 bridgehead atoms. The van der Waals surface area contributed by atoms with Gasteiger partial charge in [0.05, 0.1) is 6.42 Å². The second kappa shape index (κ2) is 7.41. The standard InChI is InChI=1S/C13H14N2O2S/c1-2-8-15(9-7-13(16)17)11-3-5-12(6-4-11)18-10-14/h2-6H,1,7-9H2,(H,16,17). The van der Waals surface area contributed by atoms with Crippen LogP contribution in [-0.2, 0) is 4.79 Å². The number of hydrogen-bond acceptors (Lipinski definition) is 4. The van der Waals surface area contributed by atoms with Crippen molar-refractivity contribution >= 4 is 23.4 Å². The van der Waals surface area contributed by atoms with E-state index in [-0.39, 0.29) is 6.42 Å². The van der Waals surface area contributed by atoms with Gasteiger partial charge in [-0.05, 0) is 36.0 Å². The van der Waals surface area contributed by atoms with Crippen LogP contribution in [0.25, 0.3) is 0 Å². The molecule has 5 heteroatoms. The van der Waals surface area contributed by atoms with Crippen LogP contribution in [0.2, 0.25) is 0 Å². The van der Waals surface area contributed by atoms with Gasteiger partial charge in [0.15, 0.2) is 0 Å². The highest BCUT2D eigenvalue weighted by Crippen LogP contribution is 2.21. The highest BCUT2D eigenvalue weighted by Gasteiger charge is 2.07. The smallest absolute Gasteiger partial charge is 0.305 e. The van der Waals surface area contributed by atoms with E-state index in [1.54, 1.807) is 6.08 Å². The van der Waals surface area contributed by atoms with Crippen molar-refractivity contribution in [3.05, 3.63) is 36.9 Å². The van der Waals surface area contributed by atoms with Crippen molar-refractivity contribution < 1.29 is 9.90 Å². The number of carbonyl (C=O) groups is 1. The fraction of sp³-hybridized carbons (Fsp3) is 0.231. The second-order valence-corrected chi connectivity index (χ2v) is 4.42. The van der Waals surface area contributed by atoms with Crippen LogP contribution in [0.1, 0.15) is 6.42 Å². The van der Waals surface area contributed by atoms with E-state index in [1.807, 2.05) is 34.6 Å². The molecule has 0 heterocycles. The molecule has 1 N–H and O–H groups in total. The van der Waals surface area contributed by atoms with Gasteiger partial charge >= 0.3 is 5.97 Å². The topological polar surface area (TPSA) is 64.3 Å². The predicted molar refractivity (Wildman–Crippen MR) is 72.6 cm³/mol. The van der Waals surface area contributed by atoms with Gasteiger partial charge in [0.2, 0.25) is 0 Å². The number of hydrogen-bond donors (Lipinski definition) is 1. The zero-order valence-corrected chi connectivity index (χ0v) is 10.7. The summed E-state index contributed by atoms with van der Waals surface area (Å²) in [5.41, 5.74) is 0.929. The normalized spacial score (nSPS) is 9.50. The van der Waals surface area contributed by atoms with E-state index in [2.05, 4.69) is 6.58 Å². The fourth-order valence-corrected chi connectivity index (χ4v) is 1.87. The Morgan fingerprint density at radius 2 is 2.17 bits per heavy atom. The van der Waals surface area contributed by atoms with Gasteiger partial charge in [0.1, 0.15) is 5.40 Å². The minimum Gasteiger partial charge on any atom is -0.481 e. The molecular weight excluding hydrogens is 248 g/mol. The lowest BCUT2D eigenvalue weighted by Crippen LogP contribution is -2.26. The molecular formula is C13H14N2O2S. The molecule has 0 amide bonds. The number of nitrogens with zero attached hydrogens (tertiary/aromatic N) is 2. The van der Waals surface area contributed by atoms with E-state index in [1.165, 1.54) is 0 Å². The Morgan fingerprint density at radius 3 is 2.67 bits per heavy atom. The molecule has 18 heavy (non-hydrogen) atoms. The van der Waals surface area contributed by atoms with Gasteiger partial charge < -0.3 is 10.0 Å². The minimum absolute atomic E-state index is 0.0859. The average Bonchev–Trinajstić information content (AvgIpc) is 2.36. The Morgan fingerprint density at radius 1 is 1.50 bits per heavy atom. The number of rotatable bonds is 7. The van der Waals surface area contributed by atoms with Crippen LogP contribution in [0.3, 0.4) is 0 Å². The van der Waals surface area contributed by atoms with E-state index in [9.17, 15) is 4.79 Å². The molecule has 0 aliphatic carbocycles. The summed E-state index contributed by atoms with van der Waals surface area (Å²) in [5.74, 6) is -0.819. The Kier molecular flexibility index (Phi) is 5.81. The van der Waals surface area contributed by atoms with Crippen molar-refractivity contribution in [1.82, 2.24) is 0 Å². The lowest BCUT2D eigenvalue weighted by Gasteiger charge is -2.22. The van der Waals surface area contributed by atoms with Gasteiger partial charge in [-0.2, -0.15) is 5.26 Å². The Labute approximate surface area is 111 Å². The molecule has 1 aromatic carbocycles. The van der Waals surface area contributed by atoms with Gasteiger partial charge in [-0.3, -0.25) is 4.79 Å². The first-order chi connectivity index (χ1) is 8.67. The van der Waals surface area contributed by atoms with Crippen LogP contribution in [0, 0.1) is 10.7 Å². The van der Waals surface area contributed by atoms with Crippen LogP contribution >= 0.6 is 11.8 Å². The lowest BCUT2D eigenvalue weighted by atomic mass is 10.2. The summed E-state index contributed by atoms with van der Waals surface area (Å²) in [6.45, 7) is 4.70. The quantitative estimate of drug-likeness (QED) is 0.465. The summed E-state index contributed by atoms with van der Waals surface area (Å²) in [5, 5.41) is 19.3. The summed E-state index contributed by atoms with van der Waals surface area (Å²) in [7, 11) is 0. The number of aliphatic carboxylic acids is 1. The Bertz CT molecular complexity index is 451. The van der Waals surface area contributed by atoms with E-state index in [4.69, 9.17) is 10.4 Å². The van der Waals surface area contributed by atoms with Crippen molar-refractivity contribution in [3.63, 3.8) is 0 Å². The molecule has 1 aromatic rings. The number of thioether (sulfide) groups is 1. The van der Waals surface area contributed by atoms with Gasteiger partial charge in [-0.15, -0.1) is 6.58 Å². The molecule has 0 spiro atoms. The van der Waals surface area contributed by atoms with Crippen molar-refractivity contribution in [1.29, 1.82) is 5.26 Å². The lowest BCUT2D eigenvalue weighted by molar-refractivity contribution is -0.136. The zero-order chi connectivity index (χ0) is 13.4. The maximum atomic E-state index is 10.6. The molecule has 94 valence electrons. The maximum Gasteiger partial charge on any atom is 0.305 e. The van der Waals surface area contributed by atoms with E-state index in [0.29, 0.717) is 13.1 Å². The van der Waals surface area contributed by atoms with Crippen LogP contribution in [-0.4, -0.2) is 24.2 Å². The molecule has 0 aliphatic rings. The van der Waals surface area contributed by atoms with E-state index in [0.717, 1.165) is 22.3 Å². The molecule has 0 unspecified atom stereocenters. The van der Waals surface area contributed by atoms with Crippen molar-refractivity contribution in [2.24, 2.45) is 0 Å². The molecule has 0 saturated heterocycles. The molecule has 0 fully saturated rings. The number of carboxylic acids is 1. The monoisotopic (exact) mass is 262 g/mol. The molecule has 0 atom stereocenters. The zero-order valence-electron chi connectivity index (χ0n) is 9.87. The third-order valence-corrected chi connectivity index (χ3v) is 2.91. The summed E-state index contributed by atoms with van der Waals surface area (Å²) in [4.78, 5) is 13.4. The largest absolute Gasteiger partial charge is 0.481 e. The number of anilines is 1. The first-order valence-corrected chi connectivity index (χ1v) is 6.22. The van der Waals surface area contributed by atoms with Crippen LogP contribution in [0.5, 0.6) is 0 Å². The number of benzene rings is 1. The first kappa shape index (κ1) is 14.1. The summed E-state index contributed by atoms with van der Waals surface area (Å²) < 4.78 is 0. The van der Waals surface area contributed by atoms with Crippen LogP contribution in [0.4, 0.5) is 5.69 Å². The second-order valence-electron chi connectivity index (χ2n) is 3.57. The molecule has 0 aliphatic heterocycles. The maximum absolute atomic E-state index is 10.6. The van der Waals surface area contributed by atoms with Gasteiger partial charge in [0, 0.05) is 23.7 Å². The van der Waals surface area contributed by atoms with E-state index < -0.39 is 5.97 Å². The molecule has 0 radical (unpaired) electrons. The van der Waals surface area contributed by atoms with Gasteiger partial charge in [-0.1, -0.05) is 6.08 Å². The third-order valence-electron chi connectivity index (χ3n) is 2.31. The van der Waals surface area contributed by atoms with E-state index >= 15 is 0 Å². The average molecular weight is 262 g/mol. The Hall–Kier alpha value is -1.93. The highest BCUT2D eigenvalue weighted by molar-refractivity contribution is 8.03. The predicted octanol–water partition coefficient (Wildman–Crippen LogP) is 2.73. The van der Waals surface area contributed by atoms with Crippen molar-refractivity contribution in [3.8, 4) is 5.40 Å². The van der Waals surface area contributed by atoms with Crippen LogP contribution in [0.15, 0.2) is 41.8 Å². The highest BCUT2D eigenvalue weighted by atomic mass is 32.2. The van der Waals surface area contributed by atoms with Crippen molar-refractivity contribution in [2.45, 2.75) is 11.3 Å². The fourth-order valence-electron chi connectivity index (χ4n) is 1.49. The number of thiocyanates is 1. The van der Waals surface area contributed by atoms with Crippen LogP contribution < -0.4 is 4.90 Å². The molecule has 4 nitrogen and oxygen atoms in total. The third kappa shape index (κ3) is 4.52. The van der Waals surface area contributed by atoms with Gasteiger partial charge in [0.25, 0.3) is 0 Å². The molecule has 0 saturated carbocycles. The summed E-state index contributed by atoms with van der Waals surface area (Å²) >= 11 is 1.10. The summed E-state index contributed by atoms with van der Waals surface area (Å²) in [6, 6.07) is 7.45. The Balaban J connectivity index is 2.75. The minimum atomic E-state index is -0.819. The number of carboxylic acid groups (broad SMARTS) is 1. The summed E-state index contributed by atoms with van der Waals surface area (Å²) in [6.07, 6.45) is 1.82. The van der Waals surface area contributed by atoms with Crippen molar-refractivity contribution in [2.75, 3.05) is 18.0 Å². The number of nitriles is 1.